The Labute approximate surface area is 126 Å². The summed E-state index contributed by atoms with van der Waals surface area (Å²) in [5, 5.41) is 2.93. The van der Waals surface area contributed by atoms with Crippen LogP contribution in [0.3, 0.4) is 0 Å². The normalized spacial score (nSPS) is 10.8. The molecular weight excluding hydrogens is 282 g/mol. The molecule has 4 nitrogen and oxygen atoms in total. The van der Waals surface area contributed by atoms with E-state index in [2.05, 4.69) is 10.3 Å². The number of nitrogens with two attached hydrogens (primary N) is 1. The van der Waals surface area contributed by atoms with Gasteiger partial charge in [-0.05, 0) is 43.2 Å². The predicted octanol–water partition coefficient (Wildman–Crippen LogP) is 3.75. The molecule has 0 saturated carbocycles. The second-order valence-corrected chi connectivity index (χ2v) is 5.95. The van der Waals surface area contributed by atoms with E-state index < -0.39 is 0 Å². The molecular formula is C16H15N3OS. The molecule has 5 heteroatoms. The Hall–Kier alpha value is -2.40. The van der Waals surface area contributed by atoms with Crippen molar-refractivity contribution in [3.8, 4) is 0 Å². The largest absolute Gasteiger partial charge is 0.396 e. The molecule has 106 valence electrons. The molecule has 0 atom stereocenters. The van der Waals surface area contributed by atoms with Gasteiger partial charge in [-0.25, -0.2) is 0 Å². The van der Waals surface area contributed by atoms with Gasteiger partial charge in [0.1, 0.15) is 10.4 Å². The van der Waals surface area contributed by atoms with Crippen LogP contribution < -0.4 is 11.1 Å². The number of hydrogen-bond donors (Lipinski definition) is 2. The van der Waals surface area contributed by atoms with Crippen LogP contribution in [0.25, 0.3) is 10.2 Å². The Morgan fingerprint density at radius 3 is 2.81 bits per heavy atom. The van der Waals surface area contributed by atoms with E-state index in [-0.39, 0.29) is 5.91 Å². The number of amides is 1. The van der Waals surface area contributed by atoms with E-state index in [0.717, 1.165) is 21.5 Å². The first-order valence-corrected chi connectivity index (χ1v) is 7.40. The van der Waals surface area contributed by atoms with Gasteiger partial charge in [0.2, 0.25) is 0 Å². The lowest BCUT2D eigenvalue weighted by molar-refractivity contribution is 0.103. The number of rotatable bonds is 2. The summed E-state index contributed by atoms with van der Waals surface area (Å²) in [6.07, 6.45) is 1.68. The van der Waals surface area contributed by atoms with Crippen molar-refractivity contribution in [1.82, 2.24) is 4.98 Å². The minimum absolute atomic E-state index is 0.191. The number of carbonyl (C=O) groups is 1. The molecule has 1 aromatic carbocycles. The Balaban J connectivity index is 1.97. The summed E-state index contributed by atoms with van der Waals surface area (Å²) in [5.74, 6) is -0.191. The van der Waals surface area contributed by atoms with Gasteiger partial charge in [0, 0.05) is 11.9 Å². The fraction of sp³-hybridized carbons (Fsp3) is 0.125. The maximum atomic E-state index is 12.5. The summed E-state index contributed by atoms with van der Waals surface area (Å²) >= 11 is 1.36. The summed E-state index contributed by atoms with van der Waals surface area (Å²) < 4.78 is 0.918. The number of benzene rings is 1. The van der Waals surface area contributed by atoms with Crippen LogP contribution in [-0.4, -0.2) is 10.9 Å². The number of carbonyl (C=O) groups excluding carboxylic acids is 1. The number of nitrogens with one attached hydrogen (secondary N) is 1. The summed E-state index contributed by atoms with van der Waals surface area (Å²) in [6.45, 7) is 4.00. The monoisotopic (exact) mass is 297 g/mol. The molecule has 0 aliphatic carbocycles. The van der Waals surface area contributed by atoms with E-state index in [0.29, 0.717) is 16.1 Å². The molecule has 0 radical (unpaired) electrons. The summed E-state index contributed by atoms with van der Waals surface area (Å²) in [7, 11) is 0. The van der Waals surface area contributed by atoms with E-state index >= 15 is 0 Å². The number of hydrogen-bond acceptors (Lipinski definition) is 4. The summed E-state index contributed by atoms with van der Waals surface area (Å²) in [4.78, 5) is 17.2. The zero-order valence-electron chi connectivity index (χ0n) is 11.8. The van der Waals surface area contributed by atoms with Gasteiger partial charge >= 0.3 is 0 Å². The molecule has 21 heavy (non-hydrogen) atoms. The highest BCUT2D eigenvalue weighted by molar-refractivity contribution is 7.21. The number of nitrogens with zero attached hydrogens (tertiary/aromatic N) is 1. The first-order valence-electron chi connectivity index (χ1n) is 6.58. The molecule has 3 rings (SSSR count). The summed E-state index contributed by atoms with van der Waals surface area (Å²) in [5.41, 5.74) is 10.2. The highest BCUT2D eigenvalue weighted by atomic mass is 32.1. The van der Waals surface area contributed by atoms with E-state index in [1.54, 1.807) is 6.20 Å². The van der Waals surface area contributed by atoms with Crippen LogP contribution in [0.2, 0.25) is 0 Å². The SMILES string of the molecule is Cc1cccc(NC(=O)c2sc3cccnc3c2N)c1C. The fourth-order valence-corrected chi connectivity index (χ4v) is 3.16. The molecule has 0 unspecified atom stereocenters. The molecule has 3 aromatic rings. The van der Waals surface area contributed by atoms with Crippen LogP contribution in [0.5, 0.6) is 0 Å². The Morgan fingerprint density at radius 2 is 2.05 bits per heavy atom. The average Bonchev–Trinajstić information content (AvgIpc) is 2.82. The van der Waals surface area contributed by atoms with Crippen LogP contribution >= 0.6 is 11.3 Å². The van der Waals surface area contributed by atoms with Crippen molar-refractivity contribution in [1.29, 1.82) is 0 Å². The molecule has 3 N–H and O–H groups in total. The highest BCUT2D eigenvalue weighted by Crippen LogP contribution is 2.32. The van der Waals surface area contributed by atoms with Gasteiger partial charge in [0.05, 0.1) is 10.4 Å². The number of fused-ring (bicyclic) bond motifs is 1. The van der Waals surface area contributed by atoms with E-state index in [1.165, 1.54) is 11.3 Å². The van der Waals surface area contributed by atoms with E-state index in [1.807, 2.05) is 44.2 Å². The lowest BCUT2D eigenvalue weighted by atomic mass is 10.1. The maximum absolute atomic E-state index is 12.5. The average molecular weight is 297 g/mol. The number of nitrogen functional groups attached to an aromatic ring is 1. The molecule has 0 saturated heterocycles. The number of pyridine rings is 1. The molecule has 2 aromatic heterocycles. The van der Waals surface area contributed by atoms with Crippen molar-refractivity contribution in [2.75, 3.05) is 11.1 Å². The zero-order valence-corrected chi connectivity index (χ0v) is 12.6. The second kappa shape index (κ2) is 5.18. The summed E-state index contributed by atoms with van der Waals surface area (Å²) in [6, 6.07) is 9.58. The molecule has 0 fully saturated rings. The van der Waals surface area contributed by atoms with Crippen molar-refractivity contribution in [3.63, 3.8) is 0 Å². The van der Waals surface area contributed by atoms with Gasteiger partial charge in [-0.15, -0.1) is 11.3 Å². The van der Waals surface area contributed by atoms with Gasteiger partial charge in [-0.2, -0.15) is 0 Å². The van der Waals surface area contributed by atoms with Crippen LogP contribution in [0.15, 0.2) is 36.5 Å². The first-order chi connectivity index (χ1) is 10.1. The van der Waals surface area contributed by atoms with E-state index in [9.17, 15) is 4.79 Å². The van der Waals surface area contributed by atoms with Crippen molar-refractivity contribution in [2.24, 2.45) is 0 Å². The minimum atomic E-state index is -0.191. The lowest BCUT2D eigenvalue weighted by Crippen LogP contribution is -2.13. The topological polar surface area (TPSA) is 68.0 Å². The second-order valence-electron chi connectivity index (χ2n) is 4.90. The van der Waals surface area contributed by atoms with Crippen molar-refractivity contribution < 1.29 is 4.79 Å². The van der Waals surface area contributed by atoms with Crippen molar-refractivity contribution in [3.05, 3.63) is 52.5 Å². The molecule has 0 spiro atoms. The first kappa shape index (κ1) is 13.6. The van der Waals surface area contributed by atoms with Gasteiger partial charge in [0.25, 0.3) is 5.91 Å². The maximum Gasteiger partial charge on any atom is 0.267 e. The lowest BCUT2D eigenvalue weighted by Gasteiger charge is -2.09. The van der Waals surface area contributed by atoms with Gasteiger partial charge in [-0.1, -0.05) is 12.1 Å². The smallest absolute Gasteiger partial charge is 0.267 e. The van der Waals surface area contributed by atoms with Crippen molar-refractivity contribution >= 4 is 38.8 Å². The third kappa shape index (κ3) is 2.36. The van der Waals surface area contributed by atoms with Crippen LogP contribution in [0.1, 0.15) is 20.8 Å². The third-order valence-corrected chi connectivity index (χ3v) is 4.70. The number of aryl methyl sites for hydroxylation is 1. The molecule has 2 heterocycles. The molecule has 0 aliphatic rings. The number of anilines is 2. The number of aromatic nitrogens is 1. The minimum Gasteiger partial charge on any atom is -0.396 e. The third-order valence-electron chi connectivity index (χ3n) is 3.54. The Morgan fingerprint density at radius 1 is 1.24 bits per heavy atom. The molecule has 1 amide bonds. The number of thiophene rings is 1. The Kier molecular flexibility index (Phi) is 3.35. The quantitative estimate of drug-likeness (QED) is 0.757. The standard InChI is InChI=1S/C16H15N3OS/c1-9-5-3-6-11(10(9)2)19-16(20)15-13(17)14-12(21-15)7-4-8-18-14/h3-8H,17H2,1-2H3,(H,19,20). The molecule has 0 bridgehead atoms. The van der Waals surface area contributed by atoms with Crippen LogP contribution in [0.4, 0.5) is 11.4 Å². The van der Waals surface area contributed by atoms with Gasteiger partial charge in [0.15, 0.2) is 0 Å². The Bertz CT molecular complexity index is 839. The zero-order chi connectivity index (χ0) is 15.0. The molecule has 0 aliphatic heterocycles. The predicted molar refractivity (Wildman–Crippen MR) is 87.9 cm³/mol. The van der Waals surface area contributed by atoms with Crippen LogP contribution in [-0.2, 0) is 0 Å². The van der Waals surface area contributed by atoms with E-state index in [4.69, 9.17) is 5.73 Å². The van der Waals surface area contributed by atoms with Crippen LogP contribution in [0, 0.1) is 13.8 Å². The van der Waals surface area contributed by atoms with Gasteiger partial charge < -0.3 is 11.1 Å². The highest BCUT2D eigenvalue weighted by Gasteiger charge is 2.17. The van der Waals surface area contributed by atoms with Crippen molar-refractivity contribution in [2.45, 2.75) is 13.8 Å². The fourth-order valence-electron chi connectivity index (χ4n) is 2.18. The van der Waals surface area contributed by atoms with Gasteiger partial charge in [-0.3, -0.25) is 9.78 Å².